The van der Waals surface area contributed by atoms with Crippen molar-refractivity contribution in [2.75, 3.05) is 23.3 Å². The third-order valence-electron chi connectivity index (χ3n) is 6.94. The van der Waals surface area contributed by atoms with E-state index in [0.29, 0.717) is 37.1 Å². The van der Waals surface area contributed by atoms with Crippen molar-refractivity contribution in [1.29, 1.82) is 0 Å². The minimum atomic E-state index is -0.496. The van der Waals surface area contributed by atoms with Gasteiger partial charge in [0.15, 0.2) is 0 Å². The Labute approximate surface area is 202 Å². The van der Waals surface area contributed by atoms with E-state index in [1.165, 1.54) is 24.4 Å². The first-order valence-corrected chi connectivity index (χ1v) is 11.6. The molecule has 0 aliphatic carbocycles. The van der Waals surface area contributed by atoms with E-state index < -0.39 is 17.1 Å². The van der Waals surface area contributed by atoms with Crippen LogP contribution in [0.3, 0.4) is 0 Å². The lowest BCUT2D eigenvalue weighted by Crippen LogP contribution is -2.36. The number of nitrogens with zero attached hydrogens (tertiary/aromatic N) is 2. The second-order valence-electron chi connectivity index (χ2n) is 9.14. The Balaban J connectivity index is 1.36. The zero-order valence-electron chi connectivity index (χ0n) is 19.3. The number of anilines is 2. The third-order valence-corrected chi connectivity index (χ3v) is 6.94. The van der Waals surface area contributed by atoms with Crippen LogP contribution in [0.25, 0.3) is 0 Å². The molecule has 2 aliphatic heterocycles. The summed E-state index contributed by atoms with van der Waals surface area (Å²) in [6.45, 7) is 2.80. The van der Waals surface area contributed by atoms with Crippen LogP contribution >= 0.6 is 0 Å². The van der Waals surface area contributed by atoms with Gasteiger partial charge in [0, 0.05) is 30.5 Å². The Morgan fingerprint density at radius 2 is 1.94 bits per heavy atom. The van der Waals surface area contributed by atoms with Crippen LogP contribution in [0.1, 0.15) is 44.7 Å². The molecule has 0 bridgehead atoms. The minimum absolute atomic E-state index is 0.0527. The predicted octanol–water partition coefficient (Wildman–Crippen LogP) is 3.88. The van der Waals surface area contributed by atoms with Crippen LogP contribution in [0.15, 0.2) is 60.8 Å². The van der Waals surface area contributed by atoms with Crippen LogP contribution in [0.2, 0.25) is 0 Å². The number of pyridine rings is 1. The average molecular weight is 473 g/mol. The van der Waals surface area contributed by atoms with Crippen LogP contribution in [0.4, 0.5) is 15.9 Å². The van der Waals surface area contributed by atoms with Gasteiger partial charge in [0.05, 0.1) is 11.0 Å². The fourth-order valence-corrected chi connectivity index (χ4v) is 4.93. The molecule has 1 atom stereocenters. The van der Waals surface area contributed by atoms with Gasteiger partial charge in [-0.1, -0.05) is 24.3 Å². The van der Waals surface area contributed by atoms with E-state index in [1.54, 1.807) is 24.0 Å². The summed E-state index contributed by atoms with van der Waals surface area (Å²) in [5.41, 5.74) is 2.51. The molecule has 1 unspecified atom stereocenters. The highest BCUT2D eigenvalue weighted by atomic mass is 19.1. The van der Waals surface area contributed by atoms with Gasteiger partial charge in [-0.15, -0.1) is 0 Å². The topological polar surface area (TPSA) is 91.4 Å². The number of halogens is 1. The molecule has 3 heterocycles. The molecule has 35 heavy (non-hydrogen) atoms. The Morgan fingerprint density at radius 1 is 1.11 bits per heavy atom. The molecule has 2 aromatic carbocycles. The van der Waals surface area contributed by atoms with E-state index in [0.717, 1.165) is 17.7 Å². The van der Waals surface area contributed by atoms with Gasteiger partial charge in [0.1, 0.15) is 11.6 Å². The Hall–Kier alpha value is -4.07. The van der Waals surface area contributed by atoms with E-state index in [1.807, 2.05) is 24.3 Å². The van der Waals surface area contributed by atoms with Crippen molar-refractivity contribution in [3.8, 4) is 0 Å². The van der Waals surface area contributed by atoms with Crippen LogP contribution in [-0.4, -0.2) is 35.8 Å². The Morgan fingerprint density at radius 3 is 2.69 bits per heavy atom. The van der Waals surface area contributed by atoms with Gasteiger partial charge in [-0.25, -0.2) is 9.37 Å². The third kappa shape index (κ3) is 4.27. The molecule has 1 aromatic heterocycles. The summed E-state index contributed by atoms with van der Waals surface area (Å²) >= 11 is 0. The van der Waals surface area contributed by atoms with Gasteiger partial charge < -0.3 is 15.5 Å². The maximum atomic E-state index is 13.6. The zero-order chi connectivity index (χ0) is 24.6. The highest BCUT2D eigenvalue weighted by molar-refractivity contribution is 6.07. The smallest absolute Gasteiger partial charge is 0.259 e. The Kier molecular flexibility index (Phi) is 5.80. The van der Waals surface area contributed by atoms with Crippen molar-refractivity contribution in [2.45, 2.75) is 26.2 Å². The number of benzene rings is 2. The molecular formula is C27H25FN4O3. The highest BCUT2D eigenvalue weighted by Gasteiger charge is 2.45. The zero-order valence-corrected chi connectivity index (χ0v) is 19.3. The summed E-state index contributed by atoms with van der Waals surface area (Å²) in [7, 11) is 0. The second kappa shape index (κ2) is 8.94. The fourth-order valence-electron chi connectivity index (χ4n) is 4.93. The van der Waals surface area contributed by atoms with Crippen LogP contribution in [0.5, 0.6) is 0 Å². The molecule has 1 fully saturated rings. The number of carbonyl (C=O) groups is 3. The monoisotopic (exact) mass is 472 g/mol. The van der Waals surface area contributed by atoms with Gasteiger partial charge in [-0.2, -0.15) is 0 Å². The maximum Gasteiger partial charge on any atom is 0.259 e. The number of amides is 3. The Bertz CT molecular complexity index is 1320. The number of aromatic nitrogens is 1. The van der Waals surface area contributed by atoms with Crippen molar-refractivity contribution in [3.05, 3.63) is 88.9 Å². The summed E-state index contributed by atoms with van der Waals surface area (Å²) in [5.74, 6) is -0.886. The van der Waals surface area contributed by atoms with E-state index in [4.69, 9.17) is 0 Å². The molecule has 1 spiro atoms. The lowest BCUT2D eigenvalue weighted by Gasteiger charge is -2.25. The molecule has 2 N–H and O–H groups in total. The standard InChI is InChI=1S/C27H25FN4O3/c1-17-6-8-20(28)14-21(17)24(33)31-23-9-7-19(16-30-23)25(34)32-13-11-27(10-12-29-26(27)35)15-18-4-2-3-5-22(18)32/h2-9,14,16H,10-13,15H2,1H3,(H,29,35)(H,30,31,33). The number of aryl methyl sites for hydroxylation is 1. The highest BCUT2D eigenvalue weighted by Crippen LogP contribution is 2.41. The van der Waals surface area contributed by atoms with E-state index in [9.17, 15) is 18.8 Å². The molecule has 178 valence electrons. The number of para-hydroxylation sites is 1. The second-order valence-corrected chi connectivity index (χ2v) is 9.14. The lowest BCUT2D eigenvalue weighted by molar-refractivity contribution is -0.127. The lowest BCUT2D eigenvalue weighted by atomic mass is 9.78. The molecule has 7 nitrogen and oxygen atoms in total. The minimum Gasteiger partial charge on any atom is -0.356 e. The van der Waals surface area contributed by atoms with Gasteiger partial charge in [0.2, 0.25) is 5.91 Å². The molecule has 2 aliphatic rings. The van der Waals surface area contributed by atoms with Crippen LogP contribution < -0.4 is 15.5 Å². The van der Waals surface area contributed by atoms with E-state index in [-0.39, 0.29) is 23.2 Å². The SMILES string of the molecule is Cc1ccc(F)cc1C(=O)Nc1ccc(C(=O)N2CCC3(CCNC3=O)Cc3ccccc32)cn1. The predicted molar refractivity (Wildman–Crippen MR) is 130 cm³/mol. The van der Waals surface area contributed by atoms with Crippen molar-refractivity contribution in [1.82, 2.24) is 10.3 Å². The number of hydrogen-bond donors (Lipinski definition) is 2. The molecular weight excluding hydrogens is 447 g/mol. The van der Waals surface area contributed by atoms with E-state index in [2.05, 4.69) is 15.6 Å². The first-order valence-electron chi connectivity index (χ1n) is 11.6. The van der Waals surface area contributed by atoms with E-state index >= 15 is 0 Å². The summed E-state index contributed by atoms with van der Waals surface area (Å²) in [6, 6.07) is 14.9. The fraction of sp³-hybridized carbons (Fsp3) is 0.259. The van der Waals surface area contributed by atoms with Crippen molar-refractivity contribution >= 4 is 29.2 Å². The van der Waals surface area contributed by atoms with Gasteiger partial charge in [-0.05, 0) is 67.6 Å². The van der Waals surface area contributed by atoms with Gasteiger partial charge in [0.25, 0.3) is 11.8 Å². The van der Waals surface area contributed by atoms with Crippen molar-refractivity contribution < 1.29 is 18.8 Å². The van der Waals surface area contributed by atoms with Crippen LogP contribution in [-0.2, 0) is 11.2 Å². The summed E-state index contributed by atoms with van der Waals surface area (Å²) in [4.78, 5) is 44.6. The number of fused-ring (bicyclic) bond motifs is 1. The number of carbonyl (C=O) groups excluding carboxylic acids is 3. The summed E-state index contributed by atoms with van der Waals surface area (Å²) < 4.78 is 13.6. The van der Waals surface area contributed by atoms with Gasteiger partial charge >= 0.3 is 0 Å². The normalized spacial score (nSPS) is 19.1. The summed E-state index contributed by atoms with van der Waals surface area (Å²) in [5, 5.41) is 5.60. The van der Waals surface area contributed by atoms with Crippen LogP contribution in [0, 0.1) is 18.2 Å². The maximum absolute atomic E-state index is 13.6. The summed E-state index contributed by atoms with van der Waals surface area (Å²) in [6.07, 6.45) is 3.35. The number of rotatable bonds is 3. The quantitative estimate of drug-likeness (QED) is 0.605. The molecule has 3 aromatic rings. The van der Waals surface area contributed by atoms with Crippen molar-refractivity contribution in [3.63, 3.8) is 0 Å². The average Bonchev–Trinajstić information content (AvgIpc) is 3.11. The first kappa shape index (κ1) is 22.7. The van der Waals surface area contributed by atoms with Crippen molar-refractivity contribution in [2.24, 2.45) is 5.41 Å². The largest absolute Gasteiger partial charge is 0.356 e. The number of hydrogen-bond acceptors (Lipinski definition) is 4. The molecule has 1 saturated heterocycles. The van der Waals surface area contributed by atoms with Gasteiger partial charge in [-0.3, -0.25) is 14.4 Å². The molecule has 3 amide bonds. The molecule has 0 radical (unpaired) electrons. The number of nitrogens with one attached hydrogen (secondary N) is 2. The first-order chi connectivity index (χ1) is 16.9. The molecule has 5 rings (SSSR count). The molecule has 8 heteroatoms. The molecule has 0 saturated carbocycles.